The molecule has 3 rings (SSSR count). The van der Waals surface area contributed by atoms with Crippen LogP contribution >= 0.6 is 15.9 Å². The second-order valence-corrected chi connectivity index (χ2v) is 7.48. The Bertz CT molecular complexity index is 993. The molecular formula is C22H22BrFN2O4. The van der Waals surface area contributed by atoms with Gasteiger partial charge in [0, 0.05) is 6.54 Å². The van der Waals surface area contributed by atoms with Crippen LogP contribution in [0.15, 0.2) is 46.6 Å². The van der Waals surface area contributed by atoms with E-state index in [0.29, 0.717) is 46.7 Å². The van der Waals surface area contributed by atoms with E-state index < -0.39 is 6.03 Å². The van der Waals surface area contributed by atoms with Crippen molar-refractivity contribution >= 4 is 33.9 Å². The monoisotopic (exact) mass is 476 g/mol. The Morgan fingerprint density at radius 3 is 2.67 bits per heavy atom. The van der Waals surface area contributed by atoms with Crippen molar-refractivity contribution in [2.75, 3.05) is 13.2 Å². The van der Waals surface area contributed by atoms with Crippen LogP contribution < -0.4 is 14.8 Å². The van der Waals surface area contributed by atoms with E-state index in [1.165, 1.54) is 17.0 Å². The summed E-state index contributed by atoms with van der Waals surface area (Å²) in [6.07, 6.45) is 2.28. The summed E-state index contributed by atoms with van der Waals surface area (Å²) in [5, 5.41) is 2.60. The van der Waals surface area contributed by atoms with E-state index in [2.05, 4.69) is 21.2 Å². The van der Waals surface area contributed by atoms with E-state index >= 15 is 0 Å². The van der Waals surface area contributed by atoms with Gasteiger partial charge < -0.3 is 14.8 Å². The fourth-order valence-corrected chi connectivity index (χ4v) is 3.60. The van der Waals surface area contributed by atoms with Crippen LogP contribution in [0.1, 0.15) is 31.4 Å². The molecule has 1 aliphatic heterocycles. The molecule has 1 fully saturated rings. The average molecular weight is 477 g/mol. The van der Waals surface area contributed by atoms with E-state index in [4.69, 9.17) is 9.47 Å². The zero-order valence-corrected chi connectivity index (χ0v) is 18.3. The van der Waals surface area contributed by atoms with Gasteiger partial charge in [-0.3, -0.25) is 9.69 Å². The smallest absolute Gasteiger partial charge is 0.329 e. The molecule has 0 atom stereocenters. The van der Waals surface area contributed by atoms with E-state index in [9.17, 15) is 14.0 Å². The third kappa shape index (κ3) is 4.99. The van der Waals surface area contributed by atoms with Crippen LogP contribution in [0.2, 0.25) is 0 Å². The van der Waals surface area contributed by atoms with Crippen molar-refractivity contribution in [3.8, 4) is 11.5 Å². The first-order chi connectivity index (χ1) is 14.4. The van der Waals surface area contributed by atoms with Crippen molar-refractivity contribution in [1.29, 1.82) is 0 Å². The molecule has 1 saturated heterocycles. The van der Waals surface area contributed by atoms with Crippen molar-refractivity contribution in [1.82, 2.24) is 10.2 Å². The largest absolute Gasteiger partial charge is 0.490 e. The highest BCUT2D eigenvalue weighted by Crippen LogP contribution is 2.38. The summed E-state index contributed by atoms with van der Waals surface area (Å²) in [4.78, 5) is 25.6. The van der Waals surface area contributed by atoms with Gasteiger partial charge in [-0.15, -0.1) is 0 Å². The van der Waals surface area contributed by atoms with Crippen molar-refractivity contribution < 1.29 is 23.5 Å². The molecule has 0 aliphatic carbocycles. The van der Waals surface area contributed by atoms with E-state index in [1.807, 2.05) is 13.8 Å². The molecule has 0 aromatic heterocycles. The Hall–Kier alpha value is -2.87. The van der Waals surface area contributed by atoms with Crippen LogP contribution in [0.5, 0.6) is 11.5 Å². The number of carbonyl (C=O) groups is 2. The number of hydrogen-bond donors (Lipinski definition) is 1. The summed E-state index contributed by atoms with van der Waals surface area (Å²) < 4.78 is 25.6. The quantitative estimate of drug-likeness (QED) is 0.435. The fourth-order valence-electron chi connectivity index (χ4n) is 3.02. The highest BCUT2D eigenvalue weighted by molar-refractivity contribution is 9.10. The lowest BCUT2D eigenvalue weighted by molar-refractivity contribution is -0.122. The molecule has 1 aliphatic rings. The molecule has 0 radical (unpaired) electrons. The predicted molar refractivity (Wildman–Crippen MR) is 115 cm³/mol. The van der Waals surface area contributed by atoms with Gasteiger partial charge >= 0.3 is 6.03 Å². The third-order valence-electron chi connectivity index (χ3n) is 4.32. The van der Waals surface area contributed by atoms with Gasteiger partial charge in [-0.25, -0.2) is 9.18 Å². The number of nitrogens with zero attached hydrogens (tertiary/aromatic N) is 1. The SMILES string of the molecule is CCCN1C(=O)N/C(=C/c2cc(Br)c(OCc3cccc(F)c3)c(OCC)c2)C1=O. The Morgan fingerprint density at radius 1 is 1.17 bits per heavy atom. The molecule has 6 nitrogen and oxygen atoms in total. The Labute approximate surface area is 182 Å². The zero-order valence-electron chi connectivity index (χ0n) is 16.7. The highest BCUT2D eigenvalue weighted by atomic mass is 79.9. The Balaban J connectivity index is 1.86. The van der Waals surface area contributed by atoms with Crippen molar-refractivity contribution in [2.24, 2.45) is 0 Å². The van der Waals surface area contributed by atoms with Gasteiger partial charge in [0.1, 0.15) is 18.1 Å². The number of imide groups is 1. The zero-order chi connectivity index (χ0) is 21.7. The molecule has 3 amide bonds. The van der Waals surface area contributed by atoms with Crippen LogP contribution in [0.3, 0.4) is 0 Å². The number of ether oxygens (including phenoxy) is 2. The number of benzene rings is 2. The van der Waals surface area contributed by atoms with E-state index in [-0.39, 0.29) is 24.0 Å². The number of halogens is 2. The van der Waals surface area contributed by atoms with Crippen LogP contribution in [-0.2, 0) is 11.4 Å². The molecule has 158 valence electrons. The topological polar surface area (TPSA) is 67.9 Å². The molecule has 0 unspecified atom stereocenters. The first-order valence-electron chi connectivity index (χ1n) is 9.61. The molecule has 0 spiro atoms. The maximum absolute atomic E-state index is 13.4. The van der Waals surface area contributed by atoms with Gasteiger partial charge in [-0.1, -0.05) is 19.1 Å². The Kier molecular flexibility index (Phi) is 7.10. The van der Waals surface area contributed by atoms with Gasteiger partial charge in [0.2, 0.25) is 0 Å². The van der Waals surface area contributed by atoms with Gasteiger partial charge in [0.15, 0.2) is 11.5 Å². The summed E-state index contributed by atoms with van der Waals surface area (Å²) in [7, 11) is 0. The lowest BCUT2D eigenvalue weighted by Crippen LogP contribution is -2.31. The molecule has 30 heavy (non-hydrogen) atoms. The van der Waals surface area contributed by atoms with Crippen LogP contribution in [-0.4, -0.2) is 30.0 Å². The summed E-state index contributed by atoms with van der Waals surface area (Å²) in [6.45, 7) is 4.68. The maximum Gasteiger partial charge on any atom is 0.329 e. The Morgan fingerprint density at radius 2 is 1.97 bits per heavy atom. The first-order valence-corrected chi connectivity index (χ1v) is 10.4. The number of urea groups is 1. The lowest BCUT2D eigenvalue weighted by atomic mass is 10.1. The molecule has 2 aromatic rings. The standard InChI is InChI=1S/C22H22BrFN2O4/c1-3-8-26-21(27)18(25-22(26)28)11-15-10-17(23)20(19(12-15)29-4-2)30-13-14-6-5-7-16(24)9-14/h5-7,9-12H,3-4,8,13H2,1-2H3,(H,25,28)/b18-11+. The average Bonchev–Trinajstić information content (AvgIpc) is 2.95. The minimum atomic E-state index is -0.424. The van der Waals surface area contributed by atoms with Crippen LogP contribution in [0.25, 0.3) is 6.08 Å². The van der Waals surface area contributed by atoms with Crippen molar-refractivity contribution in [3.05, 3.63) is 63.5 Å². The number of hydrogen-bond acceptors (Lipinski definition) is 4. The van der Waals surface area contributed by atoms with Gasteiger partial charge in [0.25, 0.3) is 5.91 Å². The van der Waals surface area contributed by atoms with Gasteiger partial charge in [-0.05, 0) is 70.7 Å². The summed E-state index contributed by atoms with van der Waals surface area (Å²) in [6, 6.07) is 9.24. The van der Waals surface area contributed by atoms with Crippen molar-refractivity contribution in [2.45, 2.75) is 26.9 Å². The number of rotatable bonds is 8. The minimum absolute atomic E-state index is 0.164. The normalized spacial score (nSPS) is 14.9. The van der Waals surface area contributed by atoms with Gasteiger partial charge in [0.05, 0.1) is 11.1 Å². The predicted octanol–water partition coefficient (Wildman–Crippen LogP) is 4.87. The second-order valence-electron chi connectivity index (χ2n) is 6.63. The molecular weight excluding hydrogens is 455 g/mol. The summed E-state index contributed by atoms with van der Waals surface area (Å²) >= 11 is 3.48. The molecule has 0 saturated carbocycles. The first kappa shape index (κ1) is 21.8. The van der Waals surface area contributed by atoms with Crippen molar-refractivity contribution in [3.63, 3.8) is 0 Å². The number of carbonyl (C=O) groups excluding carboxylic acids is 2. The molecule has 1 N–H and O–H groups in total. The van der Waals surface area contributed by atoms with Crippen LogP contribution in [0.4, 0.5) is 9.18 Å². The molecule has 2 aromatic carbocycles. The van der Waals surface area contributed by atoms with Crippen LogP contribution in [0, 0.1) is 5.82 Å². The summed E-state index contributed by atoms with van der Waals surface area (Å²) in [5.74, 6) is 0.250. The van der Waals surface area contributed by atoms with E-state index in [0.717, 1.165) is 0 Å². The third-order valence-corrected chi connectivity index (χ3v) is 4.91. The second kappa shape index (κ2) is 9.75. The number of nitrogens with one attached hydrogen (secondary N) is 1. The molecule has 0 bridgehead atoms. The summed E-state index contributed by atoms with van der Waals surface area (Å²) in [5.41, 5.74) is 1.55. The van der Waals surface area contributed by atoms with E-state index in [1.54, 1.807) is 30.3 Å². The fraction of sp³-hybridized carbons (Fsp3) is 0.273. The highest BCUT2D eigenvalue weighted by Gasteiger charge is 2.32. The lowest BCUT2D eigenvalue weighted by Gasteiger charge is -2.15. The van der Waals surface area contributed by atoms with Gasteiger partial charge in [-0.2, -0.15) is 0 Å². The molecule has 1 heterocycles. The molecule has 8 heteroatoms. The minimum Gasteiger partial charge on any atom is -0.490 e. The maximum atomic E-state index is 13.4. The number of amides is 3.